The fraction of sp³-hybridized carbons (Fsp3) is 0.207. The van der Waals surface area contributed by atoms with Gasteiger partial charge >= 0.3 is 0 Å². The molecule has 6 rings (SSSR count). The second-order valence-corrected chi connectivity index (χ2v) is 10.9. The largest absolute Gasteiger partial charge is 0.476 e. The van der Waals surface area contributed by atoms with Crippen molar-refractivity contribution < 1.29 is 9.53 Å². The van der Waals surface area contributed by atoms with Crippen LogP contribution >= 0.6 is 23.5 Å². The van der Waals surface area contributed by atoms with Gasteiger partial charge in [-0.05, 0) is 54.6 Å². The normalized spacial score (nSPS) is 19.7. The Kier molecular flexibility index (Phi) is 6.86. The lowest BCUT2D eigenvalue weighted by atomic mass is 10.1. The number of ether oxygens (including phenoxy) is 1. The van der Waals surface area contributed by atoms with Gasteiger partial charge in [0.2, 0.25) is 5.90 Å². The van der Waals surface area contributed by atoms with E-state index in [1.54, 1.807) is 16.7 Å². The molecule has 3 aliphatic rings. The number of thioether (sulfide) groups is 2. The quantitative estimate of drug-likeness (QED) is 0.382. The number of para-hydroxylation sites is 1. The number of amidine groups is 1. The topological polar surface area (TPSA) is 69.5 Å². The van der Waals surface area contributed by atoms with E-state index in [1.807, 2.05) is 67.7 Å². The molecule has 3 aromatic rings. The molecule has 0 aromatic heterocycles. The van der Waals surface area contributed by atoms with Crippen LogP contribution in [-0.2, 0) is 16.1 Å². The average Bonchev–Trinajstić information content (AvgIpc) is 3.66. The third-order valence-corrected chi connectivity index (χ3v) is 8.82. The molecule has 7 nitrogen and oxygen atoms in total. The smallest absolute Gasteiger partial charge is 0.269 e. The third kappa shape index (κ3) is 4.68. The molecule has 1 saturated heterocycles. The summed E-state index contributed by atoms with van der Waals surface area (Å²) >= 11 is 3.06. The number of aliphatic imine (C=N–C) groups is 2. The number of anilines is 2. The van der Waals surface area contributed by atoms with E-state index < -0.39 is 0 Å². The Labute approximate surface area is 230 Å². The minimum absolute atomic E-state index is 0.0376. The number of hydrogen-bond acceptors (Lipinski definition) is 8. The molecule has 3 heterocycles. The zero-order chi connectivity index (χ0) is 26.1. The van der Waals surface area contributed by atoms with Gasteiger partial charge in [-0.25, -0.2) is 9.98 Å². The van der Waals surface area contributed by atoms with E-state index in [9.17, 15) is 4.79 Å². The van der Waals surface area contributed by atoms with Crippen LogP contribution in [0.3, 0.4) is 0 Å². The van der Waals surface area contributed by atoms with Crippen LogP contribution in [0.2, 0.25) is 0 Å². The Morgan fingerprint density at radius 1 is 1.05 bits per heavy atom. The molecule has 192 valence electrons. The van der Waals surface area contributed by atoms with Gasteiger partial charge in [0.15, 0.2) is 5.17 Å². The lowest BCUT2D eigenvalue weighted by Gasteiger charge is -2.17. The Morgan fingerprint density at radius 2 is 1.87 bits per heavy atom. The molecule has 1 fully saturated rings. The van der Waals surface area contributed by atoms with E-state index in [2.05, 4.69) is 34.3 Å². The molecule has 3 aliphatic heterocycles. The second-order valence-electron chi connectivity index (χ2n) is 8.93. The van der Waals surface area contributed by atoms with E-state index in [0.717, 1.165) is 44.7 Å². The van der Waals surface area contributed by atoms with Crippen molar-refractivity contribution >= 4 is 57.6 Å². The molecule has 0 radical (unpaired) electrons. The summed E-state index contributed by atoms with van der Waals surface area (Å²) < 4.78 is 5.70. The summed E-state index contributed by atoms with van der Waals surface area (Å²) in [5, 5.41) is 4.98. The Bertz CT molecular complexity index is 1490. The van der Waals surface area contributed by atoms with Crippen LogP contribution in [0.25, 0.3) is 0 Å². The molecule has 0 aliphatic carbocycles. The minimum Gasteiger partial charge on any atom is -0.476 e. The van der Waals surface area contributed by atoms with Crippen molar-refractivity contribution in [3.05, 3.63) is 93.9 Å². The number of hydrogen-bond donors (Lipinski definition) is 1. The maximum atomic E-state index is 14.0. The zero-order valence-electron chi connectivity index (χ0n) is 21.2. The highest BCUT2D eigenvalue weighted by Crippen LogP contribution is 2.50. The highest BCUT2D eigenvalue weighted by atomic mass is 32.2. The van der Waals surface area contributed by atoms with Gasteiger partial charge in [0, 0.05) is 24.1 Å². The van der Waals surface area contributed by atoms with Crippen molar-refractivity contribution in [2.45, 2.75) is 18.4 Å². The maximum absolute atomic E-state index is 14.0. The molecule has 1 N–H and O–H groups in total. The highest BCUT2D eigenvalue weighted by Gasteiger charge is 2.39. The summed E-state index contributed by atoms with van der Waals surface area (Å²) in [6, 6.07) is 24.2. The third-order valence-electron chi connectivity index (χ3n) is 6.39. The first-order chi connectivity index (χ1) is 18.6. The van der Waals surface area contributed by atoms with E-state index in [4.69, 9.17) is 9.73 Å². The zero-order valence-corrected chi connectivity index (χ0v) is 22.8. The summed E-state index contributed by atoms with van der Waals surface area (Å²) in [7, 11) is 2.01. The SMILES string of the molecule is CCNc1ccc(C2=NCCO2)cc1/N=C1\S/C(=C2\Sc3ccccc3N2C)C(=O)N1Cc1ccccc1. The highest BCUT2D eigenvalue weighted by molar-refractivity contribution is 8.19. The fourth-order valence-corrected chi connectivity index (χ4v) is 6.87. The standard InChI is InChI=1S/C29H27N5O2S2/c1-3-30-21-14-13-20(26-31-15-16-36-26)17-22(21)32-29-34(18-19-9-5-4-6-10-19)27(35)25(38-29)28-33(2)23-11-7-8-12-24(23)37-28/h4-14,17,30H,3,15-16,18H2,1-2H3/b28-25-,32-29-. The van der Waals surface area contributed by atoms with Gasteiger partial charge < -0.3 is 15.0 Å². The molecule has 9 heteroatoms. The number of benzene rings is 3. The minimum atomic E-state index is -0.0376. The number of fused-ring (bicyclic) bond motifs is 1. The summed E-state index contributed by atoms with van der Waals surface area (Å²) in [6.07, 6.45) is 0. The summed E-state index contributed by atoms with van der Waals surface area (Å²) in [5.74, 6) is 0.597. The van der Waals surface area contributed by atoms with Crippen LogP contribution in [0.1, 0.15) is 18.1 Å². The summed E-state index contributed by atoms with van der Waals surface area (Å²) in [5.41, 5.74) is 4.68. The van der Waals surface area contributed by atoms with Gasteiger partial charge in [-0.15, -0.1) is 0 Å². The summed E-state index contributed by atoms with van der Waals surface area (Å²) in [4.78, 5) is 29.2. The van der Waals surface area contributed by atoms with E-state index in [0.29, 0.717) is 35.7 Å². The van der Waals surface area contributed by atoms with Crippen LogP contribution < -0.4 is 10.2 Å². The summed E-state index contributed by atoms with van der Waals surface area (Å²) in [6.45, 7) is 4.50. The monoisotopic (exact) mass is 541 g/mol. The van der Waals surface area contributed by atoms with Crippen molar-refractivity contribution in [2.75, 3.05) is 37.0 Å². The number of carbonyl (C=O) groups excluding carboxylic acids is 1. The molecule has 0 saturated carbocycles. The first kappa shape index (κ1) is 24.6. The lowest BCUT2D eigenvalue weighted by molar-refractivity contribution is -0.122. The second kappa shape index (κ2) is 10.6. The van der Waals surface area contributed by atoms with Crippen molar-refractivity contribution in [1.82, 2.24) is 4.90 Å². The number of rotatable bonds is 6. The van der Waals surface area contributed by atoms with Crippen LogP contribution in [0.5, 0.6) is 0 Å². The molecular weight excluding hydrogens is 514 g/mol. The molecule has 0 unspecified atom stereocenters. The molecule has 0 spiro atoms. The van der Waals surface area contributed by atoms with Crippen molar-refractivity contribution in [2.24, 2.45) is 9.98 Å². The molecular formula is C29H27N5O2S2. The van der Waals surface area contributed by atoms with Crippen LogP contribution in [-0.4, -0.2) is 48.6 Å². The average molecular weight is 542 g/mol. The van der Waals surface area contributed by atoms with Gasteiger partial charge in [0.1, 0.15) is 11.5 Å². The molecule has 38 heavy (non-hydrogen) atoms. The van der Waals surface area contributed by atoms with Crippen molar-refractivity contribution in [3.63, 3.8) is 0 Å². The molecule has 1 amide bonds. The predicted octanol–water partition coefficient (Wildman–Crippen LogP) is 6.07. The van der Waals surface area contributed by atoms with Gasteiger partial charge in [0.05, 0.1) is 35.2 Å². The van der Waals surface area contributed by atoms with Gasteiger partial charge in [-0.1, -0.05) is 54.2 Å². The maximum Gasteiger partial charge on any atom is 0.269 e. The Morgan fingerprint density at radius 3 is 2.63 bits per heavy atom. The molecule has 0 bridgehead atoms. The number of nitrogens with one attached hydrogen (secondary N) is 1. The van der Waals surface area contributed by atoms with E-state index in [-0.39, 0.29) is 5.91 Å². The Hall–Kier alpha value is -3.69. The number of amides is 1. The van der Waals surface area contributed by atoms with Gasteiger partial charge in [0.25, 0.3) is 5.91 Å². The van der Waals surface area contributed by atoms with Crippen LogP contribution in [0.15, 0.2) is 97.6 Å². The van der Waals surface area contributed by atoms with Crippen molar-refractivity contribution in [3.8, 4) is 0 Å². The molecule has 0 atom stereocenters. The number of carbonyl (C=O) groups is 1. The fourth-order valence-electron chi connectivity index (χ4n) is 4.53. The predicted molar refractivity (Wildman–Crippen MR) is 157 cm³/mol. The first-order valence-corrected chi connectivity index (χ1v) is 14.2. The number of nitrogens with zero attached hydrogens (tertiary/aromatic N) is 4. The van der Waals surface area contributed by atoms with Gasteiger partial charge in [-0.3, -0.25) is 9.69 Å². The van der Waals surface area contributed by atoms with Crippen LogP contribution in [0, 0.1) is 0 Å². The van der Waals surface area contributed by atoms with E-state index >= 15 is 0 Å². The lowest BCUT2D eigenvalue weighted by Crippen LogP contribution is -2.29. The van der Waals surface area contributed by atoms with Crippen molar-refractivity contribution in [1.29, 1.82) is 0 Å². The van der Waals surface area contributed by atoms with Crippen LogP contribution in [0.4, 0.5) is 17.1 Å². The first-order valence-electron chi connectivity index (χ1n) is 12.5. The van der Waals surface area contributed by atoms with E-state index in [1.165, 1.54) is 11.8 Å². The Balaban J connectivity index is 1.43. The van der Waals surface area contributed by atoms with Gasteiger partial charge in [-0.2, -0.15) is 0 Å². The molecule has 3 aromatic carbocycles.